The van der Waals surface area contributed by atoms with Crippen LogP contribution in [-0.4, -0.2) is 25.2 Å². The molecule has 1 amide bonds. The minimum absolute atomic E-state index is 0.0918. The molecule has 0 aliphatic carbocycles. The van der Waals surface area contributed by atoms with Gasteiger partial charge in [0.25, 0.3) is 0 Å². The number of ether oxygens (including phenoxy) is 2. The van der Waals surface area contributed by atoms with Crippen LogP contribution in [0.1, 0.15) is 23.2 Å². The predicted molar refractivity (Wildman–Crippen MR) is 63.8 cm³/mol. The summed E-state index contributed by atoms with van der Waals surface area (Å²) in [7, 11) is 0. The summed E-state index contributed by atoms with van der Waals surface area (Å²) in [4.78, 5) is 11.1. The van der Waals surface area contributed by atoms with E-state index in [0.717, 1.165) is 12.8 Å². The Kier molecular flexibility index (Phi) is 3.49. The van der Waals surface area contributed by atoms with Crippen molar-refractivity contribution in [2.24, 2.45) is 5.73 Å². The molecule has 1 aromatic carbocycles. The largest absolute Gasteiger partial charge is 0.488 e. The molecule has 17 heavy (non-hydrogen) atoms. The Balaban J connectivity index is 2.13. The maximum absolute atomic E-state index is 11.1. The molecule has 1 aromatic rings. The van der Waals surface area contributed by atoms with E-state index in [1.54, 1.807) is 18.2 Å². The van der Waals surface area contributed by atoms with Gasteiger partial charge in [0.2, 0.25) is 5.91 Å². The lowest BCUT2D eigenvalue weighted by atomic mass is 10.1. The van der Waals surface area contributed by atoms with Gasteiger partial charge in [0.05, 0.1) is 18.9 Å². The van der Waals surface area contributed by atoms with E-state index in [1.165, 1.54) is 0 Å². The van der Waals surface area contributed by atoms with Crippen LogP contribution in [0.3, 0.4) is 0 Å². The van der Waals surface area contributed by atoms with Crippen LogP contribution in [0.4, 0.5) is 5.69 Å². The zero-order chi connectivity index (χ0) is 12.3. The molecular formula is C12H16N2O3. The van der Waals surface area contributed by atoms with E-state index >= 15 is 0 Å². The fourth-order valence-electron chi connectivity index (χ4n) is 1.76. The van der Waals surface area contributed by atoms with E-state index < -0.39 is 5.91 Å². The molecule has 0 bridgehead atoms. The molecule has 5 heteroatoms. The van der Waals surface area contributed by atoms with E-state index in [1.807, 2.05) is 0 Å². The molecule has 92 valence electrons. The maximum atomic E-state index is 11.1. The van der Waals surface area contributed by atoms with Gasteiger partial charge >= 0.3 is 0 Å². The van der Waals surface area contributed by atoms with E-state index in [9.17, 15) is 4.79 Å². The Hall–Kier alpha value is -1.75. The average molecular weight is 236 g/mol. The van der Waals surface area contributed by atoms with Crippen LogP contribution in [0.5, 0.6) is 5.75 Å². The summed E-state index contributed by atoms with van der Waals surface area (Å²) in [6.07, 6.45) is 1.76. The zero-order valence-corrected chi connectivity index (χ0v) is 9.52. The Morgan fingerprint density at radius 1 is 1.35 bits per heavy atom. The van der Waals surface area contributed by atoms with E-state index in [2.05, 4.69) is 0 Å². The summed E-state index contributed by atoms with van der Waals surface area (Å²) in [5.74, 6) is 0.0371. The molecular weight excluding hydrogens is 220 g/mol. The Morgan fingerprint density at radius 2 is 2.06 bits per heavy atom. The molecule has 0 saturated carbocycles. The molecule has 1 heterocycles. The lowest BCUT2D eigenvalue weighted by Gasteiger charge is -2.24. The van der Waals surface area contributed by atoms with E-state index in [-0.39, 0.29) is 6.10 Å². The van der Waals surface area contributed by atoms with Crippen molar-refractivity contribution in [1.29, 1.82) is 0 Å². The molecule has 0 spiro atoms. The third-order valence-electron chi connectivity index (χ3n) is 2.76. The van der Waals surface area contributed by atoms with Gasteiger partial charge in [-0.25, -0.2) is 0 Å². The van der Waals surface area contributed by atoms with Crippen molar-refractivity contribution in [3.05, 3.63) is 23.8 Å². The molecule has 5 nitrogen and oxygen atoms in total. The number of hydrogen-bond acceptors (Lipinski definition) is 4. The van der Waals surface area contributed by atoms with Gasteiger partial charge in [-0.15, -0.1) is 0 Å². The number of carbonyl (C=O) groups is 1. The number of anilines is 1. The van der Waals surface area contributed by atoms with Crippen LogP contribution in [0.2, 0.25) is 0 Å². The number of rotatable bonds is 3. The zero-order valence-electron chi connectivity index (χ0n) is 9.52. The van der Waals surface area contributed by atoms with Gasteiger partial charge < -0.3 is 20.9 Å². The highest BCUT2D eigenvalue weighted by Crippen LogP contribution is 2.26. The van der Waals surface area contributed by atoms with Gasteiger partial charge in [-0.3, -0.25) is 4.79 Å². The summed E-state index contributed by atoms with van der Waals surface area (Å²) in [6.45, 7) is 1.39. The van der Waals surface area contributed by atoms with Gasteiger partial charge in [-0.1, -0.05) is 0 Å². The first-order chi connectivity index (χ1) is 8.16. The maximum Gasteiger partial charge on any atom is 0.248 e. The Bertz CT molecular complexity index is 414. The third-order valence-corrected chi connectivity index (χ3v) is 2.76. The van der Waals surface area contributed by atoms with Gasteiger partial charge in [0, 0.05) is 18.4 Å². The third kappa shape index (κ3) is 2.88. The summed E-state index contributed by atoms with van der Waals surface area (Å²) >= 11 is 0. The van der Waals surface area contributed by atoms with Crippen LogP contribution < -0.4 is 16.2 Å². The molecule has 0 radical (unpaired) electrons. The monoisotopic (exact) mass is 236 g/mol. The fraction of sp³-hybridized carbons (Fsp3) is 0.417. The van der Waals surface area contributed by atoms with Crippen molar-refractivity contribution in [1.82, 2.24) is 0 Å². The topological polar surface area (TPSA) is 87.6 Å². The first-order valence-electron chi connectivity index (χ1n) is 5.60. The van der Waals surface area contributed by atoms with Crippen molar-refractivity contribution in [2.75, 3.05) is 18.9 Å². The Labute approximate surface area is 99.7 Å². The highest BCUT2D eigenvalue weighted by atomic mass is 16.5. The number of nitrogens with two attached hydrogens (primary N) is 2. The second kappa shape index (κ2) is 5.05. The minimum atomic E-state index is -0.484. The summed E-state index contributed by atoms with van der Waals surface area (Å²) in [5.41, 5.74) is 11.9. The number of benzene rings is 1. The second-order valence-corrected chi connectivity index (χ2v) is 4.05. The molecule has 1 aliphatic heterocycles. The first-order valence-corrected chi connectivity index (χ1v) is 5.60. The van der Waals surface area contributed by atoms with Crippen LogP contribution in [0, 0.1) is 0 Å². The lowest BCUT2D eigenvalue weighted by Crippen LogP contribution is -2.26. The molecule has 0 unspecified atom stereocenters. The SMILES string of the molecule is NC(=O)c1ccc(N)c(OC2CCOCC2)c1. The predicted octanol–water partition coefficient (Wildman–Crippen LogP) is 0.925. The van der Waals surface area contributed by atoms with Gasteiger partial charge in [-0.2, -0.15) is 0 Å². The molecule has 1 aliphatic rings. The minimum Gasteiger partial charge on any atom is -0.488 e. The van der Waals surface area contributed by atoms with Gasteiger partial charge in [0.15, 0.2) is 0 Å². The van der Waals surface area contributed by atoms with Crippen LogP contribution in [0.15, 0.2) is 18.2 Å². The van der Waals surface area contributed by atoms with E-state index in [4.69, 9.17) is 20.9 Å². The average Bonchev–Trinajstić information content (AvgIpc) is 2.33. The van der Waals surface area contributed by atoms with Crippen molar-refractivity contribution in [3.8, 4) is 5.75 Å². The quantitative estimate of drug-likeness (QED) is 0.764. The number of nitrogen functional groups attached to an aromatic ring is 1. The van der Waals surface area contributed by atoms with Crippen molar-refractivity contribution in [3.63, 3.8) is 0 Å². The number of hydrogen-bond donors (Lipinski definition) is 2. The first kappa shape index (κ1) is 11.7. The van der Waals surface area contributed by atoms with Crippen LogP contribution >= 0.6 is 0 Å². The highest BCUT2D eigenvalue weighted by Gasteiger charge is 2.17. The van der Waals surface area contributed by atoms with Crippen LogP contribution in [0.25, 0.3) is 0 Å². The fourth-order valence-corrected chi connectivity index (χ4v) is 1.76. The van der Waals surface area contributed by atoms with E-state index in [0.29, 0.717) is 30.2 Å². The Morgan fingerprint density at radius 3 is 2.71 bits per heavy atom. The van der Waals surface area contributed by atoms with Gasteiger partial charge in [-0.05, 0) is 18.2 Å². The summed E-state index contributed by atoms with van der Waals surface area (Å²) in [5, 5.41) is 0. The molecule has 1 saturated heterocycles. The molecule has 4 N–H and O–H groups in total. The molecule has 0 atom stereocenters. The molecule has 1 fully saturated rings. The normalized spacial score (nSPS) is 16.7. The van der Waals surface area contributed by atoms with Crippen molar-refractivity contribution < 1.29 is 14.3 Å². The number of primary amides is 1. The second-order valence-electron chi connectivity index (χ2n) is 4.05. The van der Waals surface area contributed by atoms with Crippen molar-refractivity contribution >= 4 is 11.6 Å². The standard InChI is InChI=1S/C12H16N2O3/c13-10-2-1-8(12(14)15)7-11(10)17-9-3-5-16-6-4-9/h1-2,7,9H,3-6,13H2,(H2,14,15). The number of carbonyl (C=O) groups excluding carboxylic acids is 1. The molecule has 0 aromatic heterocycles. The number of amides is 1. The summed E-state index contributed by atoms with van der Waals surface area (Å²) < 4.78 is 11.0. The smallest absolute Gasteiger partial charge is 0.248 e. The summed E-state index contributed by atoms with van der Waals surface area (Å²) in [6, 6.07) is 4.82. The highest BCUT2D eigenvalue weighted by molar-refractivity contribution is 5.93. The van der Waals surface area contributed by atoms with Crippen LogP contribution in [-0.2, 0) is 4.74 Å². The van der Waals surface area contributed by atoms with Gasteiger partial charge in [0.1, 0.15) is 11.9 Å². The molecule has 2 rings (SSSR count). The lowest BCUT2D eigenvalue weighted by molar-refractivity contribution is 0.0258. The van der Waals surface area contributed by atoms with Crippen molar-refractivity contribution in [2.45, 2.75) is 18.9 Å².